The van der Waals surface area contributed by atoms with E-state index < -0.39 is 0 Å². The Hall–Kier alpha value is -1.35. The van der Waals surface area contributed by atoms with Crippen LogP contribution in [0.15, 0.2) is 53.0 Å². The van der Waals surface area contributed by atoms with Crippen LogP contribution in [0.5, 0.6) is 5.75 Å². The number of ether oxygens (including phenoxy) is 1. The minimum atomic E-state index is -0.178. The van der Waals surface area contributed by atoms with Gasteiger partial charge in [-0.1, -0.05) is 30.3 Å². The van der Waals surface area contributed by atoms with Gasteiger partial charge >= 0.3 is 0 Å². The fourth-order valence-corrected chi connectivity index (χ4v) is 1.93. The van der Waals surface area contributed by atoms with Gasteiger partial charge in [-0.15, -0.1) is 0 Å². The lowest BCUT2D eigenvalue weighted by molar-refractivity contribution is 0.318. The summed E-state index contributed by atoms with van der Waals surface area (Å²) in [5, 5.41) is 0. The molecule has 0 aromatic heterocycles. The zero-order chi connectivity index (χ0) is 12.1. The SMILES string of the molecule is Fc1ccccc1CCOc1ccccc1Br. The van der Waals surface area contributed by atoms with Crippen LogP contribution in [0.3, 0.4) is 0 Å². The number of benzene rings is 2. The fourth-order valence-electron chi connectivity index (χ4n) is 1.53. The summed E-state index contributed by atoms with van der Waals surface area (Å²) in [4.78, 5) is 0. The lowest BCUT2D eigenvalue weighted by Gasteiger charge is -2.08. The number of rotatable bonds is 4. The predicted octanol–water partition coefficient (Wildman–Crippen LogP) is 4.21. The van der Waals surface area contributed by atoms with Gasteiger partial charge in [-0.05, 0) is 39.7 Å². The molecular formula is C14H12BrFO. The van der Waals surface area contributed by atoms with Crippen molar-refractivity contribution in [2.24, 2.45) is 0 Å². The third-order valence-electron chi connectivity index (χ3n) is 2.42. The minimum absolute atomic E-state index is 0.178. The second-order valence-corrected chi connectivity index (χ2v) is 4.47. The van der Waals surface area contributed by atoms with E-state index in [2.05, 4.69) is 15.9 Å². The third kappa shape index (κ3) is 3.30. The topological polar surface area (TPSA) is 9.23 Å². The van der Waals surface area contributed by atoms with Crippen LogP contribution in [0, 0.1) is 5.82 Å². The molecule has 2 rings (SSSR count). The Kier molecular flexibility index (Phi) is 4.15. The van der Waals surface area contributed by atoms with Crippen LogP contribution < -0.4 is 4.74 Å². The Morgan fingerprint density at radius 2 is 1.71 bits per heavy atom. The molecule has 0 aliphatic heterocycles. The van der Waals surface area contributed by atoms with Gasteiger partial charge in [0.25, 0.3) is 0 Å². The van der Waals surface area contributed by atoms with Gasteiger partial charge in [0.15, 0.2) is 0 Å². The molecule has 0 aliphatic carbocycles. The Labute approximate surface area is 108 Å². The summed E-state index contributed by atoms with van der Waals surface area (Å²) < 4.78 is 19.8. The highest BCUT2D eigenvalue weighted by atomic mass is 79.9. The van der Waals surface area contributed by atoms with E-state index in [0.29, 0.717) is 18.6 Å². The van der Waals surface area contributed by atoms with Crippen LogP contribution in [0.2, 0.25) is 0 Å². The molecule has 3 heteroatoms. The molecule has 0 aliphatic rings. The molecule has 0 fully saturated rings. The first-order valence-electron chi connectivity index (χ1n) is 5.38. The van der Waals surface area contributed by atoms with Gasteiger partial charge in [0.1, 0.15) is 11.6 Å². The molecule has 0 unspecified atom stereocenters. The first kappa shape index (κ1) is 12.1. The molecule has 2 aromatic carbocycles. The van der Waals surface area contributed by atoms with Crippen molar-refractivity contribution in [3.63, 3.8) is 0 Å². The van der Waals surface area contributed by atoms with Crippen LogP contribution in [0.1, 0.15) is 5.56 Å². The quantitative estimate of drug-likeness (QED) is 0.821. The van der Waals surface area contributed by atoms with Crippen molar-refractivity contribution in [1.29, 1.82) is 0 Å². The van der Waals surface area contributed by atoms with E-state index in [9.17, 15) is 4.39 Å². The Morgan fingerprint density at radius 3 is 2.47 bits per heavy atom. The Bertz CT molecular complexity index is 454. The second kappa shape index (κ2) is 5.82. The summed E-state index contributed by atoms with van der Waals surface area (Å²) in [7, 11) is 0. The summed E-state index contributed by atoms with van der Waals surface area (Å²) >= 11 is 3.40. The molecule has 1 nitrogen and oxygen atoms in total. The maximum Gasteiger partial charge on any atom is 0.133 e. The predicted molar refractivity (Wildman–Crippen MR) is 69.7 cm³/mol. The van der Waals surface area contributed by atoms with Gasteiger partial charge in [0, 0.05) is 6.42 Å². The van der Waals surface area contributed by atoms with Crippen molar-refractivity contribution in [3.05, 3.63) is 64.4 Å². The van der Waals surface area contributed by atoms with Gasteiger partial charge in [-0.2, -0.15) is 0 Å². The molecule has 0 atom stereocenters. The smallest absolute Gasteiger partial charge is 0.133 e. The largest absolute Gasteiger partial charge is 0.492 e. The summed E-state index contributed by atoms with van der Waals surface area (Å²) in [5.74, 6) is 0.604. The molecule has 88 valence electrons. The van der Waals surface area contributed by atoms with Crippen LogP contribution in [-0.4, -0.2) is 6.61 Å². The molecule has 0 radical (unpaired) electrons. The van der Waals surface area contributed by atoms with E-state index in [1.54, 1.807) is 12.1 Å². The van der Waals surface area contributed by atoms with E-state index in [-0.39, 0.29) is 5.82 Å². The molecule has 17 heavy (non-hydrogen) atoms. The monoisotopic (exact) mass is 294 g/mol. The average Bonchev–Trinajstić information content (AvgIpc) is 2.34. The van der Waals surface area contributed by atoms with Crippen molar-refractivity contribution in [2.45, 2.75) is 6.42 Å². The summed E-state index contributed by atoms with van der Waals surface area (Å²) in [6.07, 6.45) is 0.563. The summed E-state index contributed by atoms with van der Waals surface area (Å²) in [5.41, 5.74) is 0.680. The van der Waals surface area contributed by atoms with Crippen molar-refractivity contribution in [3.8, 4) is 5.75 Å². The molecule has 0 saturated heterocycles. The van der Waals surface area contributed by atoms with Crippen molar-refractivity contribution >= 4 is 15.9 Å². The molecule has 2 aromatic rings. The number of halogens is 2. The standard InChI is InChI=1S/C14H12BrFO/c15-12-6-2-4-8-14(12)17-10-9-11-5-1-3-7-13(11)16/h1-8H,9-10H2. The van der Waals surface area contributed by atoms with Crippen LogP contribution in [-0.2, 0) is 6.42 Å². The van der Waals surface area contributed by atoms with Crippen molar-refractivity contribution < 1.29 is 9.13 Å². The van der Waals surface area contributed by atoms with Gasteiger partial charge in [-0.3, -0.25) is 0 Å². The van der Waals surface area contributed by atoms with E-state index in [1.165, 1.54) is 6.07 Å². The van der Waals surface area contributed by atoms with E-state index in [0.717, 1.165) is 10.2 Å². The fraction of sp³-hybridized carbons (Fsp3) is 0.143. The summed E-state index contributed by atoms with van der Waals surface area (Å²) in [6, 6.07) is 14.4. The van der Waals surface area contributed by atoms with Gasteiger partial charge in [0.2, 0.25) is 0 Å². The molecule has 0 saturated carbocycles. The van der Waals surface area contributed by atoms with E-state index >= 15 is 0 Å². The number of hydrogen-bond donors (Lipinski definition) is 0. The van der Waals surface area contributed by atoms with E-state index in [1.807, 2.05) is 30.3 Å². The van der Waals surface area contributed by atoms with Crippen molar-refractivity contribution in [1.82, 2.24) is 0 Å². The molecular weight excluding hydrogens is 283 g/mol. The van der Waals surface area contributed by atoms with Crippen molar-refractivity contribution in [2.75, 3.05) is 6.61 Å². The van der Waals surface area contributed by atoms with Crippen LogP contribution in [0.4, 0.5) is 4.39 Å². The third-order valence-corrected chi connectivity index (χ3v) is 3.08. The lowest BCUT2D eigenvalue weighted by atomic mass is 10.1. The number of para-hydroxylation sites is 1. The molecule has 0 amide bonds. The minimum Gasteiger partial charge on any atom is -0.492 e. The molecule has 0 heterocycles. The normalized spacial score (nSPS) is 10.2. The second-order valence-electron chi connectivity index (χ2n) is 3.62. The Morgan fingerprint density at radius 1 is 1.00 bits per heavy atom. The molecule has 0 spiro atoms. The highest BCUT2D eigenvalue weighted by Crippen LogP contribution is 2.23. The Balaban J connectivity index is 1.93. The van der Waals surface area contributed by atoms with Gasteiger partial charge < -0.3 is 4.74 Å². The molecule has 0 N–H and O–H groups in total. The summed E-state index contributed by atoms with van der Waals surface area (Å²) in [6.45, 7) is 0.462. The zero-order valence-electron chi connectivity index (χ0n) is 9.20. The first-order valence-corrected chi connectivity index (χ1v) is 6.17. The number of hydrogen-bond acceptors (Lipinski definition) is 1. The van der Waals surface area contributed by atoms with Crippen LogP contribution in [0.25, 0.3) is 0 Å². The van der Waals surface area contributed by atoms with E-state index in [4.69, 9.17) is 4.74 Å². The first-order chi connectivity index (χ1) is 8.27. The zero-order valence-corrected chi connectivity index (χ0v) is 10.8. The maximum absolute atomic E-state index is 13.3. The maximum atomic E-state index is 13.3. The van der Waals surface area contributed by atoms with Gasteiger partial charge in [0.05, 0.1) is 11.1 Å². The van der Waals surface area contributed by atoms with Crippen LogP contribution >= 0.6 is 15.9 Å². The lowest BCUT2D eigenvalue weighted by Crippen LogP contribution is -2.03. The average molecular weight is 295 g/mol. The molecule has 0 bridgehead atoms. The highest BCUT2D eigenvalue weighted by molar-refractivity contribution is 9.10. The van der Waals surface area contributed by atoms with Gasteiger partial charge in [-0.25, -0.2) is 4.39 Å². The highest BCUT2D eigenvalue weighted by Gasteiger charge is 2.02.